The SMILES string of the molecule is C=CCOP(=O)(O)CCCCCCCC. The summed E-state index contributed by atoms with van der Waals surface area (Å²) in [5.74, 6) is 0. The Balaban J connectivity index is 3.40. The normalized spacial score (nSPS) is 14.8. The van der Waals surface area contributed by atoms with Gasteiger partial charge in [-0.1, -0.05) is 45.1 Å². The molecule has 0 aromatic carbocycles. The van der Waals surface area contributed by atoms with E-state index in [1.165, 1.54) is 25.3 Å². The van der Waals surface area contributed by atoms with E-state index in [1.54, 1.807) is 0 Å². The molecule has 0 aromatic heterocycles. The molecule has 0 saturated heterocycles. The molecule has 4 heteroatoms. The van der Waals surface area contributed by atoms with E-state index in [0.717, 1.165) is 19.3 Å². The third-order valence-electron chi connectivity index (χ3n) is 2.19. The lowest BCUT2D eigenvalue weighted by Gasteiger charge is -2.10. The molecule has 0 aliphatic carbocycles. The Morgan fingerprint density at radius 1 is 1.27 bits per heavy atom. The Labute approximate surface area is 93.1 Å². The zero-order valence-corrected chi connectivity index (χ0v) is 10.5. The Morgan fingerprint density at radius 2 is 1.87 bits per heavy atom. The molecule has 0 rings (SSSR count). The van der Waals surface area contributed by atoms with Crippen LogP contribution in [0.1, 0.15) is 45.4 Å². The van der Waals surface area contributed by atoms with Crippen LogP contribution in [0.5, 0.6) is 0 Å². The molecule has 0 saturated carbocycles. The van der Waals surface area contributed by atoms with Crippen LogP contribution in [0.4, 0.5) is 0 Å². The second-order valence-electron chi connectivity index (χ2n) is 3.71. The average Bonchev–Trinajstić information content (AvgIpc) is 2.20. The van der Waals surface area contributed by atoms with Crippen LogP contribution in [0.15, 0.2) is 12.7 Å². The Kier molecular flexibility index (Phi) is 9.07. The maximum atomic E-state index is 11.3. The summed E-state index contributed by atoms with van der Waals surface area (Å²) in [6.45, 7) is 5.76. The lowest BCUT2D eigenvalue weighted by atomic mass is 10.1. The van der Waals surface area contributed by atoms with Gasteiger partial charge < -0.3 is 9.42 Å². The monoisotopic (exact) mass is 234 g/mol. The zero-order chi connectivity index (χ0) is 11.6. The predicted molar refractivity (Wildman–Crippen MR) is 64.2 cm³/mol. The number of hydrogen-bond acceptors (Lipinski definition) is 2. The molecule has 0 amide bonds. The van der Waals surface area contributed by atoms with Crippen LogP contribution in [0, 0.1) is 0 Å². The van der Waals surface area contributed by atoms with Crippen LogP contribution >= 0.6 is 7.60 Å². The van der Waals surface area contributed by atoms with Crippen molar-refractivity contribution >= 4 is 7.60 Å². The van der Waals surface area contributed by atoms with Crippen LogP contribution in [0.2, 0.25) is 0 Å². The zero-order valence-electron chi connectivity index (χ0n) is 9.65. The molecule has 1 unspecified atom stereocenters. The standard InChI is InChI=1S/C11H23O3P/c1-3-5-6-7-8-9-11-15(12,13)14-10-4-2/h4H,2-3,5-11H2,1H3,(H,12,13). The van der Waals surface area contributed by atoms with E-state index in [1.807, 2.05) is 0 Å². The maximum Gasteiger partial charge on any atom is 0.328 e. The Hall–Kier alpha value is -0.110. The summed E-state index contributed by atoms with van der Waals surface area (Å²) < 4.78 is 16.1. The van der Waals surface area contributed by atoms with Gasteiger partial charge in [-0.2, -0.15) is 0 Å². The summed E-state index contributed by atoms with van der Waals surface area (Å²) in [6.07, 6.45) is 8.40. The highest BCUT2D eigenvalue weighted by atomic mass is 31.2. The summed E-state index contributed by atoms with van der Waals surface area (Å²) in [5, 5.41) is 0. The summed E-state index contributed by atoms with van der Waals surface area (Å²) in [7, 11) is -3.34. The Morgan fingerprint density at radius 3 is 2.47 bits per heavy atom. The fraction of sp³-hybridized carbons (Fsp3) is 0.818. The third kappa shape index (κ3) is 10.2. The lowest BCUT2D eigenvalue weighted by molar-refractivity contribution is 0.286. The summed E-state index contributed by atoms with van der Waals surface area (Å²) in [4.78, 5) is 9.33. The molecule has 90 valence electrons. The molecule has 3 nitrogen and oxygen atoms in total. The van der Waals surface area contributed by atoms with E-state index >= 15 is 0 Å². The van der Waals surface area contributed by atoms with Gasteiger partial charge in [-0.15, -0.1) is 6.58 Å². The van der Waals surface area contributed by atoms with Crippen molar-refractivity contribution in [3.63, 3.8) is 0 Å². The van der Waals surface area contributed by atoms with Crippen LogP contribution in [0.25, 0.3) is 0 Å². The molecule has 0 radical (unpaired) electrons. The van der Waals surface area contributed by atoms with Gasteiger partial charge in [-0.3, -0.25) is 4.57 Å². The van der Waals surface area contributed by atoms with Gasteiger partial charge in [-0.05, 0) is 6.42 Å². The lowest BCUT2D eigenvalue weighted by Crippen LogP contribution is -1.95. The summed E-state index contributed by atoms with van der Waals surface area (Å²) >= 11 is 0. The van der Waals surface area contributed by atoms with Crippen molar-refractivity contribution in [2.24, 2.45) is 0 Å². The van der Waals surface area contributed by atoms with Gasteiger partial charge in [0.1, 0.15) is 0 Å². The van der Waals surface area contributed by atoms with E-state index in [9.17, 15) is 9.46 Å². The van der Waals surface area contributed by atoms with Gasteiger partial charge in [-0.25, -0.2) is 0 Å². The van der Waals surface area contributed by atoms with Gasteiger partial charge in [0, 0.05) is 6.16 Å². The van der Waals surface area contributed by atoms with E-state index in [4.69, 9.17) is 4.52 Å². The van der Waals surface area contributed by atoms with Crippen molar-refractivity contribution in [2.75, 3.05) is 12.8 Å². The van der Waals surface area contributed by atoms with Gasteiger partial charge in [0.05, 0.1) is 6.61 Å². The third-order valence-corrected chi connectivity index (χ3v) is 3.62. The minimum atomic E-state index is -3.34. The minimum absolute atomic E-state index is 0.156. The first-order chi connectivity index (χ1) is 7.12. The van der Waals surface area contributed by atoms with Crippen molar-refractivity contribution in [3.05, 3.63) is 12.7 Å². The summed E-state index contributed by atoms with van der Waals surface area (Å²) in [6, 6.07) is 0. The fourth-order valence-electron chi connectivity index (χ4n) is 1.33. The first-order valence-corrected chi connectivity index (χ1v) is 7.46. The molecule has 0 heterocycles. The van der Waals surface area contributed by atoms with Crippen molar-refractivity contribution in [1.29, 1.82) is 0 Å². The van der Waals surface area contributed by atoms with Crippen molar-refractivity contribution < 1.29 is 14.0 Å². The molecule has 0 fully saturated rings. The number of rotatable bonds is 10. The van der Waals surface area contributed by atoms with Crippen LogP contribution in [0.3, 0.4) is 0 Å². The predicted octanol–water partition coefficient (Wildman–Crippen LogP) is 3.73. The number of unbranched alkanes of at least 4 members (excludes halogenated alkanes) is 5. The number of hydrogen-bond donors (Lipinski definition) is 1. The first kappa shape index (κ1) is 14.9. The van der Waals surface area contributed by atoms with Crippen molar-refractivity contribution in [1.82, 2.24) is 0 Å². The largest absolute Gasteiger partial charge is 0.328 e. The molecule has 0 aliphatic heterocycles. The van der Waals surface area contributed by atoms with Gasteiger partial charge in [0.25, 0.3) is 0 Å². The van der Waals surface area contributed by atoms with E-state index in [0.29, 0.717) is 0 Å². The molecule has 0 spiro atoms. The van der Waals surface area contributed by atoms with Gasteiger partial charge >= 0.3 is 7.60 Å². The molecule has 15 heavy (non-hydrogen) atoms. The highest BCUT2D eigenvalue weighted by Crippen LogP contribution is 2.42. The molecule has 0 bridgehead atoms. The molecule has 0 aromatic rings. The topological polar surface area (TPSA) is 46.5 Å². The smallest absolute Gasteiger partial charge is 0.324 e. The minimum Gasteiger partial charge on any atom is -0.324 e. The van der Waals surface area contributed by atoms with Crippen molar-refractivity contribution in [3.8, 4) is 0 Å². The Bertz CT molecular complexity index is 204. The molecule has 0 aliphatic rings. The van der Waals surface area contributed by atoms with Crippen LogP contribution < -0.4 is 0 Å². The molecular weight excluding hydrogens is 211 g/mol. The molecular formula is C11H23O3P. The maximum absolute atomic E-state index is 11.3. The highest BCUT2D eigenvalue weighted by Gasteiger charge is 2.17. The molecule has 1 atom stereocenters. The second kappa shape index (κ2) is 9.14. The van der Waals surface area contributed by atoms with Crippen LogP contribution in [-0.4, -0.2) is 17.7 Å². The quantitative estimate of drug-likeness (QED) is 0.356. The average molecular weight is 234 g/mol. The molecule has 1 N–H and O–H groups in total. The van der Waals surface area contributed by atoms with Crippen LogP contribution in [-0.2, 0) is 9.09 Å². The van der Waals surface area contributed by atoms with Gasteiger partial charge in [0.15, 0.2) is 0 Å². The van der Waals surface area contributed by atoms with E-state index < -0.39 is 7.60 Å². The highest BCUT2D eigenvalue weighted by molar-refractivity contribution is 7.52. The summed E-state index contributed by atoms with van der Waals surface area (Å²) in [5.41, 5.74) is 0. The first-order valence-electron chi connectivity index (χ1n) is 5.69. The van der Waals surface area contributed by atoms with E-state index in [-0.39, 0.29) is 12.8 Å². The fourth-order valence-corrected chi connectivity index (χ4v) is 2.42. The second-order valence-corrected chi connectivity index (χ2v) is 5.69. The van der Waals surface area contributed by atoms with Crippen molar-refractivity contribution in [2.45, 2.75) is 45.4 Å². The van der Waals surface area contributed by atoms with E-state index in [2.05, 4.69) is 13.5 Å². The van der Waals surface area contributed by atoms with Gasteiger partial charge in [0.2, 0.25) is 0 Å².